The number of hydrogen-bond acceptors (Lipinski definition) is 4. The van der Waals surface area contributed by atoms with E-state index in [1.165, 1.54) is 5.56 Å². The predicted molar refractivity (Wildman–Crippen MR) is 135 cm³/mol. The molecule has 178 valence electrons. The summed E-state index contributed by atoms with van der Waals surface area (Å²) in [4.78, 5) is 17.2. The fourth-order valence-electron chi connectivity index (χ4n) is 4.74. The van der Waals surface area contributed by atoms with Gasteiger partial charge in [-0.3, -0.25) is 0 Å². The van der Waals surface area contributed by atoms with Gasteiger partial charge in [-0.2, -0.15) is 0 Å². The van der Waals surface area contributed by atoms with Gasteiger partial charge in [0.2, 0.25) is 0 Å². The van der Waals surface area contributed by atoms with Gasteiger partial charge in [-0.1, -0.05) is 73.7 Å². The molecule has 1 fully saturated rings. The van der Waals surface area contributed by atoms with Gasteiger partial charge in [0.25, 0.3) is 0 Å². The monoisotopic (exact) mass is 449 g/mol. The zero-order valence-corrected chi connectivity index (χ0v) is 20.2. The van der Waals surface area contributed by atoms with E-state index < -0.39 is 0 Å². The van der Waals surface area contributed by atoms with Crippen molar-refractivity contribution >= 4 is 6.09 Å². The van der Waals surface area contributed by atoms with Gasteiger partial charge < -0.3 is 19.9 Å². The van der Waals surface area contributed by atoms with E-state index in [2.05, 4.69) is 54.1 Å². The number of carbonyl (C=O) groups excluding carboxylic acids is 1. The average Bonchev–Trinajstić information content (AvgIpc) is 2.86. The maximum atomic E-state index is 12.8. The maximum absolute atomic E-state index is 12.8. The standard InChI is InChI=1S/C28H39N3O2/c1-4-18-31(27(32)33-22-24-11-7-5-8-12-24)26-15-19-30(20-16-26)21-17-28(2,23-29-3)25-13-9-6-10-14-25/h4-14,26,29H,1,15-23H2,2-3H3. The molecule has 0 spiro atoms. The Morgan fingerprint density at radius 3 is 2.39 bits per heavy atom. The second kappa shape index (κ2) is 12.6. The third kappa shape index (κ3) is 7.18. The zero-order chi connectivity index (χ0) is 23.5. The second-order valence-electron chi connectivity index (χ2n) is 9.26. The molecule has 1 saturated heterocycles. The zero-order valence-electron chi connectivity index (χ0n) is 20.2. The van der Waals surface area contributed by atoms with Crippen LogP contribution in [0.4, 0.5) is 4.79 Å². The molecular formula is C28H39N3O2. The highest BCUT2D eigenvalue weighted by Gasteiger charge is 2.30. The van der Waals surface area contributed by atoms with E-state index in [-0.39, 0.29) is 17.6 Å². The molecule has 1 atom stereocenters. The number of likely N-dealkylation sites (tertiary alicyclic amines) is 1. The molecule has 0 radical (unpaired) electrons. The molecule has 0 aliphatic carbocycles. The number of ether oxygens (including phenoxy) is 1. The van der Waals surface area contributed by atoms with Crippen molar-refractivity contribution in [2.24, 2.45) is 0 Å². The molecule has 0 bridgehead atoms. The predicted octanol–water partition coefficient (Wildman–Crippen LogP) is 4.84. The summed E-state index contributed by atoms with van der Waals surface area (Å²) in [7, 11) is 2.03. The van der Waals surface area contributed by atoms with Gasteiger partial charge in [-0.25, -0.2) is 4.79 Å². The van der Waals surface area contributed by atoms with Crippen LogP contribution in [0.25, 0.3) is 0 Å². The normalized spacial score (nSPS) is 16.7. The molecule has 0 aromatic heterocycles. The van der Waals surface area contributed by atoms with Gasteiger partial charge in [0, 0.05) is 37.6 Å². The second-order valence-corrected chi connectivity index (χ2v) is 9.26. The minimum atomic E-state index is -0.247. The van der Waals surface area contributed by atoms with Crippen LogP contribution in [0.1, 0.15) is 37.3 Å². The first-order valence-corrected chi connectivity index (χ1v) is 12.1. The third-order valence-corrected chi connectivity index (χ3v) is 6.78. The number of amides is 1. The highest BCUT2D eigenvalue weighted by Crippen LogP contribution is 2.28. The van der Waals surface area contributed by atoms with Gasteiger partial charge >= 0.3 is 6.09 Å². The molecule has 1 N–H and O–H groups in total. The van der Waals surface area contributed by atoms with Crippen molar-refractivity contribution in [1.29, 1.82) is 0 Å². The van der Waals surface area contributed by atoms with E-state index in [4.69, 9.17) is 4.74 Å². The highest BCUT2D eigenvalue weighted by atomic mass is 16.6. The Bertz CT molecular complexity index is 850. The van der Waals surface area contributed by atoms with Crippen molar-refractivity contribution < 1.29 is 9.53 Å². The first-order chi connectivity index (χ1) is 16.1. The largest absolute Gasteiger partial charge is 0.445 e. The van der Waals surface area contributed by atoms with Gasteiger partial charge in [-0.15, -0.1) is 6.58 Å². The van der Waals surface area contributed by atoms with Crippen molar-refractivity contribution in [2.45, 2.75) is 44.2 Å². The Kier molecular flexibility index (Phi) is 9.52. The van der Waals surface area contributed by atoms with Gasteiger partial charge in [0.05, 0.1) is 0 Å². The van der Waals surface area contributed by atoms with E-state index in [1.54, 1.807) is 6.08 Å². The van der Waals surface area contributed by atoms with Crippen molar-refractivity contribution in [1.82, 2.24) is 15.1 Å². The maximum Gasteiger partial charge on any atom is 0.410 e. The number of carbonyl (C=O) groups is 1. The van der Waals surface area contributed by atoms with Crippen LogP contribution in [0.3, 0.4) is 0 Å². The molecule has 1 amide bonds. The van der Waals surface area contributed by atoms with E-state index in [0.29, 0.717) is 13.2 Å². The summed E-state index contributed by atoms with van der Waals surface area (Å²) in [5.41, 5.74) is 2.48. The molecular weight excluding hydrogens is 410 g/mol. The number of rotatable bonds is 11. The first-order valence-electron chi connectivity index (χ1n) is 12.1. The van der Waals surface area contributed by atoms with Crippen LogP contribution >= 0.6 is 0 Å². The number of hydrogen-bond donors (Lipinski definition) is 1. The SMILES string of the molecule is C=CCN(C(=O)OCc1ccccc1)C1CCN(CCC(C)(CNC)c2ccccc2)CC1. The van der Waals surface area contributed by atoms with E-state index in [1.807, 2.05) is 42.3 Å². The van der Waals surface area contributed by atoms with Crippen molar-refractivity contribution in [3.05, 3.63) is 84.4 Å². The summed E-state index contributed by atoms with van der Waals surface area (Å²) < 4.78 is 5.61. The Morgan fingerprint density at radius 1 is 1.15 bits per heavy atom. The number of piperidine rings is 1. The van der Waals surface area contributed by atoms with Crippen molar-refractivity contribution in [3.63, 3.8) is 0 Å². The molecule has 2 aromatic carbocycles. The van der Waals surface area contributed by atoms with Crippen LogP contribution < -0.4 is 5.32 Å². The van der Waals surface area contributed by atoms with Crippen LogP contribution in [0.15, 0.2) is 73.3 Å². The summed E-state index contributed by atoms with van der Waals surface area (Å²) in [6.07, 6.45) is 4.56. The molecule has 1 unspecified atom stereocenters. The molecule has 3 rings (SSSR count). The van der Waals surface area contributed by atoms with Crippen LogP contribution in [0.2, 0.25) is 0 Å². The van der Waals surface area contributed by atoms with Crippen LogP contribution in [-0.4, -0.2) is 61.7 Å². The topological polar surface area (TPSA) is 44.8 Å². The van der Waals surface area contributed by atoms with E-state index >= 15 is 0 Å². The molecule has 5 nitrogen and oxygen atoms in total. The Hall–Kier alpha value is -2.63. The first kappa shape index (κ1) is 25.0. The number of nitrogens with zero attached hydrogens (tertiary/aromatic N) is 2. The molecule has 5 heteroatoms. The number of benzene rings is 2. The molecule has 33 heavy (non-hydrogen) atoms. The van der Waals surface area contributed by atoms with E-state index in [9.17, 15) is 4.79 Å². The molecule has 1 aliphatic heterocycles. The number of likely N-dealkylation sites (N-methyl/N-ethyl adjacent to an activating group) is 1. The quantitative estimate of drug-likeness (QED) is 0.499. The summed E-state index contributed by atoms with van der Waals surface area (Å²) in [6, 6.07) is 20.8. The average molecular weight is 450 g/mol. The molecule has 1 aliphatic rings. The van der Waals surface area contributed by atoms with Crippen LogP contribution in [-0.2, 0) is 16.8 Å². The molecule has 0 saturated carbocycles. The minimum absolute atomic E-state index is 0.100. The fourth-order valence-corrected chi connectivity index (χ4v) is 4.74. The Morgan fingerprint density at radius 2 is 1.79 bits per heavy atom. The third-order valence-electron chi connectivity index (χ3n) is 6.78. The Balaban J connectivity index is 1.51. The molecule has 2 aromatic rings. The van der Waals surface area contributed by atoms with Gasteiger partial charge in [0.1, 0.15) is 6.61 Å². The van der Waals surface area contributed by atoms with Crippen molar-refractivity contribution in [2.75, 3.05) is 39.8 Å². The van der Waals surface area contributed by atoms with Gasteiger partial charge in [0.15, 0.2) is 0 Å². The lowest BCUT2D eigenvalue weighted by Crippen LogP contribution is -2.48. The lowest BCUT2D eigenvalue weighted by atomic mass is 9.79. The highest BCUT2D eigenvalue weighted by molar-refractivity contribution is 5.68. The van der Waals surface area contributed by atoms with Crippen molar-refractivity contribution in [3.8, 4) is 0 Å². The number of nitrogens with one attached hydrogen (secondary N) is 1. The fraction of sp³-hybridized carbons (Fsp3) is 0.464. The smallest absolute Gasteiger partial charge is 0.410 e. The summed E-state index contributed by atoms with van der Waals surface area (Å²) in [5.74, 6) is 0. The van der Waals surface area contributed by atoms with E-state index in [0.717, 1.165) is 51.0 Å². The van der Waals surface area contributed by atoms with Gasteiger partial charge in [-0.05, 0) is 44.0 Å². The van der Waals surface area contributed by atoms with Crippen LogP contribution in [0, 0.1) is 0 Å². The summed E-state index contributed by atoms with van der Waals surface area (Å²) >= 11 is 0. The lowest BCUT2D eigenvalue weighted by Gasteiger charge is -2.39. The Labute approximate surface area is 199 Å². The summed E-state index contributed by atoms with van der Waals surface area (Å²) in [5, 5.41) is 3.38. The summed E-state index contributed by atoms with van der Waals surface area (Å²) in [6.45, 7) is 11.0. The lowest BCUT2D eigenvalue weighted by molar-refractivity contribution is 0.0648. The minimum Gasteiger partial charge on any atom is -0.445 e. The molecule has 1 heterocycles. The van der Waals surface area contributed by atoms with Crippen LogP contribution in [0.5, 0.6) is 0 Å².